The number of hydrogen-bond donors (Lipinski definition) is 2. The van der Waals surface area contributed by atoms with E-state index < -0.39 is 0 Å². The molecule has 2 aromatic rings. The lowest BCUT2D eigenvalue weighted by molar-refractivity contribution is -0.120. The lowest BCUT2D eigenvalue weighted by Gasteiger charge is -2.04. The largest absolute Gasteiger partial charge is 0.356 e. The van der Waals surface area contributed by atoms with Crippen molar-refractivity contribution in [3.8, 4) is 0 Å². The fourth-order valence-electron chi connectivity index (χ4n) is 2.02. The highest BCUT2D eigenvalue weighted by Crippen LogP contribution is 2.21. The van der Waals surface area contributed by atoms with Gasteiger partial charge in [-0.05, 0) is 30.5 Å². The van der Waals surface area contributed by atoms with Crippen molar-refractivity contribution in [3.05, 3.63) is 40.9 Å². The van der Waals surface area contributed by atoms with Crippen LogP contribution in [-0.4, -0.2) is 17.4 Å². The molecule has 0 bridgehead atoms. The fourth-order valence-corrected chi connectivity index (χ4v) is 2.75. The van der Waals surface area contributed by atoms with Crippen molar-refractivity contribution >= 4 is 28.1 Å². The molecule has 0 saturated heterocycles. The summed E-state index contributed by atoms with van der Waals surface area (Å²) in [4.78, 5) is 16.2. The predicted molar refractivity (Wildman–Crippen MR) is 92.8 cm³/mol. The van der Waals surface area contributed by atoms with Crippen LogP contribution in [0.4, 0.5) is 10.8 Å². The third kappa shape index (κ3) is 5.15. The summed E-state index contributed by atoms with van der Waals surface area (Å²) in [5.74, 6) is 0.0394. The van der Waals surface area contributed by atoms with Gasteiger partial charge in [0.15, 0.2) is 5.13 Å². The van der Waals surface area contributed by atoms with Gasteiger partial charge >= 0.3 is 0 Å². The van der Waals surface area contributed by atoms with Crippen LogP contribution < -0.4 is 10.6 Å². The smallest absolute Gasteiger partial charge is 0.226 e. The van der Waals surface area contributed by atoms with Gasteiger partial charge in [-0.25, -0.2) is 4.98 Å². The molecule has 0 aliphatic carbocycles. The Hall–Kier alpha value is -1.88. The summed E-state index contributed by atoms with van der Waals surface area (Å²) >= 11 is 1.52. The second kappa shape index (κ2) is 8.54. The number of anilines is 2. The molecular weight excluding hydrogens is 294 g/mol. The second-order valence-corrected chi connectivity index (χ2v) is 6.06. The summed E-state index contributed by atoms with van der Waals surface area (Å²) in [6.45, 7) is 4.99. The lowest BCUT2D eigenvalue weighted by Crippen LogP contribution is -2.26. The van der Waals surface area contributed by atoms with Gasteiger partial charge in [0.05, 0.1) is 12.1 Å². The molecule has 2 rings (SSSR count). The highest BCUT2D eigenvalue weighted by atomic mass is 32.1. The predicted octanol–water partition coefficient (Wildman–Crippen LogP) is 3.91. The van der Waals surface area contributed by atoms with E-state index in [0.29, 0.717) is 6.42 Å². The van der Waals surface area contributed by atoms with Crippen LogP contribution in [0.1, 0.15) is 37.9 Å². The molecule has 2 N–H and O–H groups in total. The van der Waals surface area contributed by atoms with Gasteiger partial charge in [0.2, 0.25) is 5.91 Å². The maximum Gasteiger partial charge on any atom is 0.226 e. The van der Waals surface area contributed by atoms with Gasteiger partial charge in [-0.3, -0.25) is 4.79 Å². The second-order valence-electron chi connectivity index (χ2n) is 5.20. The van der Waals surface area contributed by atoms with E-state index in [9.17, 15) is 4.79 Å². The lowest BCUT2D eigenvalue weighted by atomic mass is 10.1. The Kier molecular flexibility index (Phi) is 6.40. The first-order valence-electron chi connectivity index (χ1n) is 7.78. The van der Waals surface area contributed by atoms with Crippen molar-refractivity contribution in [2.24, 2.45) is 0 Å². The van der Waals surface area contributed by atoms with E-state index >= 15 is 0 Å². The van der Waals surface area contributed by atoms with Gasteiger partial charge < -0.3 is 10.6 Å². The maximum absolute atomic E-state index is 11.8. The molecule has 5 heteroatoms. The van der Waals surface area contributed by atoms with Crippen LogP contribution in [0, 0.1) is 0 Å². The Morgan fingerprint density at radius 3 is 2.68 bits per heavy atom. The zero-order valence-electron chi connectivity index (χ0n) is 13.2. The van der Waals surface area contributed by atoms with Crippen molar-refractivity contribution in [2.75, 3.05) is 11.9 Å². The number of hydrogen-bond acceptors (Lipinski definition) is 4. The number of carbonyl (C=O) groups is 1. The van der Waals surface area contributed by atoms with E-state index in [1.807, 2.05) is 5.38 Å². The third-order valence-corrected chi connectivity index (χ3v) is 4.17. The zero-order valence-corrected chi connectivity index (χ0v) is 14.0. The number of thiazole rings is 1. The molecule has 1 aromatic heterocycles. The molecule has 0 radical (unpaired) electrons. The molecule has 0 spiro atoms. The van der Waals surface area contributed by atoms with E-state index in [1.54, 1.807) is 0 Å². The molecule has 0 atom stereocenters. The molecule has 0 unspecified atom stereocenters. The summed E-state index contributed by atoms with van der Waals surface area (Å²) in [7, 11) is 0. The highest BCUT2D eigenvalue weighted by Gasteiger charge is 2.07. The van der Waals surface area contributed by atoms with Crippen LogP contribution in [0.3, 0.4) is 0 Å². The van der Waals surface area contributed by atoms with Gasteiger partial charge in [-0.1, -0.05) is 32.4 Å². The Labute approximate surface area is 136 Å². The van der Waals surface area contributed by atoms with Gasteiger partial charge in [0.1, 0.15) is 0 Å². The van der Waals surface area contributed by atoms with Crippen molar-refractivity contribution in [3.63, 3.8) is 0 Å². The Morgan fingerprint density at radius 2 is 2.00 bits per heavy atom. The molecule has 0 aliphatic rings. The SMILES string of the molecule is CCCCNC(=O)Cc1csc(Nc2ccc(CC)cc2)n1. The number of rotatable bonds is 8. The monoisotopic (exact) mass is 317 g/mol. The highest BCUT2D eigenvalue weighted by molar-refractivity contribution is 7.13. The first kappa shape index (κ1) is 16.5. The summed E-state index contributed by atoms with van der Waals surface area (Å²) in [5.41, 5.74) is 3.14. The molecule has 118 valence electrons. The van der Waals surface area contributed by atoms with Gasteiger partial charge in [-0.15, -0.1) is 11.3 Å². The number of carbonyl (C=O) groups excluding carboxylic acids is 1. The third-order valence-electron chi connectivity index (χ3n) is 3.36. The molecule has 1 amide bonds. The summed E-state index contributed by atoms with van der Waals surface area (Å²) < 4.78 is 0. The minimum absolute atomic E-state index is 0.0394. The topological polar surface area (TPSA) is 54.0 Å². The van der Waals surface area contributed by atoms with Crippen LogP contribution in [0.2, 0.25) is 0 Å². The number of aryl methyl sites for hydroxylation is 1. The summed E-state index contributed by atoms with van der Waals surface area (Å²) in [6, 6.07) is 8.32. The maximum atomic E-state index is 11.8. The quantitative estimate of drug-likeness (QED) is 0.726. The van der Waals surface area contributed by atoms with Gasteiger partial charge in [0, 0.05) is 17.6 Å². The average Bonchev–Trinajstić information content (AvgIpc) is 2.95. The van der Waals surface area contributed by atoms with Crippen molar-refractivity contribution in [1.29, 1.82) is 0 Å². The minimum Gasteiger partial charge on any atom is -0.356 e. The number of benzene rings is 1. The van der Waals surface area contributed by atoms with Crippen molar-refractivity contribution in [2.45, 2.75) is 39.5 Å². The first-order valence-corrected chi connectivity index (χ1v) is 8.66. The Morgan fingerprint density at radius 1 is 1.23 bits per heavy atom. The van der Waals surface area contributed by atoms with Crippen LogP contribution in [0.25, 0.3) is 0 Å². The standard InChI is InChI=1S/C17H23N3OS/c1-3-5-10-18-16(21)11-15-12-22-17(20-15)19-14-8-6-13(4-2)7-9-14/h6-9,12H,3-5,10-11H2,1-2H3,(H,18,21)(H,19,20). The number of nitrogens with zero attached hydrogens (tertiary/aromatic N) is 1. The zero-order chi connectivity index (χ0) is 15.8. The van der Waals surface area contributed by atoms with Crippen LogP contribution >= 0.6 is 11.3 Å². The number of unbranched alkanes of at least 4 members (excludes halogenated alkanes) is 1. The van der Waals surface area contributed by atoms with E-state index in [2.05, 4.69) is 53.7 Å². The summed E-state index contributed by atoms with van der Waals surface area (Å²) in [5, 5.41) is 8.94. The van der Waals surface area contributed by atoms with Crippen LogP contribution in [0.15, 0.2) is 29.6 Å². The van der Waals surface area contributed by atoms with E-state index in [1.165, 1.54) is 16.9 Å². The number of amides is 1. The molecule has 22 heavy (non-hydrogen) atoms. The van der Waals surface area contributed by atoms with Crippen molar-refractivity contribution < 1.29 is 4.79 Å². The number of nitrogens with one attached hydrogen (secondary N) is 2. The molecule has 1 heterocycles. The van der Waals surface area contributed by atoms with E-state index in [4.69, 9.17) is 0 Å². The normalized spacial score (nSPS) is 10.5. The Bertz CT molecular complexity index is 592. The van der Waals surface area contributed by atoms with Gasteiger partial charge in [0.25, 0.3) is 0 Å². The molecule has 0 saturated carbocycles. The van der Waals surface area contributed by atoms with E-state index in [-0.39, 0.29) is 5.91 Å². The molecule has 0 fully saturated rings. The molecule has 1 aromatic carbocycles. The van der Waals surface area contributed by atoms with Crippen molar-refractivity contribution in [1.82, 2.24) is 10.3 Å². The number of aromatic nitrogens is 1. The molecular formula is C17H23N3OS. The molecule has 0 aliphatic heterocycles. The first-order chi connectivity index (χ1) is 10.7. The Balaban J connectivity index is 1.86. The average molecular weight is 317 g/mol. The van der Waals surface area contributed by atoms with Crippen LogP contribution in [0.5, 0.6) is 0 Å². The van der Waals surface area contributed by atoms with E-state index in [0.717, 1.165) is 42.3 Å². The van der Waals surface area contributed by atoms with Gasteiger partial charge in [-0.2, -0.15) is 0 Å². The molecule has 4 nitrogen and oxygen atoms in total. The minimum atomic E-state index is 0.0394. The fraction of sp³-hybridized carbons (Fsp3) is 0.412. The van der Waals surface area contributed by atoms with Crippen LogP contribution in [-0.2, 0) is 17.6 Å². The summed E-state index contributed by atoms with van der Waals surface area (Å²) in [6.07, 6.45) is 3.48.